The summed E-state index contributed by atoms with van der Waals surface area (Å²) in [5.74, 6) is 3.41. The Bertz CT molecular complexity index is 496. The Morgan fingerprint density at radius 3 is 2.52 bits per heavy atom. The molecule has 25 heavy (non-hydrogen) atoms. The largest absolute Gasteiger partial charge is 0.395 e. The lowest BCUT2D eigenvalue weighted by Gasteiger charge is -2.61. The van der Waals surface area contributed by atoms with Crippen molar-refractivity contribution in [2.75, 3.05) is 19.7 Å². The van der Waals surface area contributed by atoms with Crippen LogP contribution in [0.5, 0.6) is 0 Å². The smallest absolute Gasteiger partial charge is 0.0827 e. The van der Waals surface area contributed by atoms with E-state index < -0.39 is 5.60 Å². The molecule has 0 aromatic rings. The minimum atomic E-state index is -0.581. The summed E-state index contributed by atoms with van der Waals surface area (Å²) in [5.41, 5.74) is 0.0644. The van der Waals surface area contributed by atoms with Gasteiger partial charge in [-0.1, -0.05) is 26.7 Å². The molecule has 4 aliphatic rings. The van der Waals surface area contributed by atoms with Gasteiger partial charge in [0.2, 0.25) is 0 Å². The van der Waals surface area contributed by atoms with Gasteiger partial charge in [0.25, 0.3) is 0 Å². The standard InChI is InChI=1S/C22H39NO2/c1-20-10-4-3-5-16(20)6-7-17-18(20)8-11-21(2)19(17)9-12-22(21,25)15-23-13-14-24/h16-19,23-25H,3-15H2,1-2H3/t16-,17+,18-,19-,20-,21-,22+/m0/s1. The van der Waals surface area contributed by atoms with Crippen LogP contribution in [0.4, 0.5) is 0 Å². The van der Waals surface area contributed by atoms with E-state index in [9.17, 15) is 5.11 Å². The molecule has 0 unspecified atom stereocenters. The molecule has 4 saturated carbocycles. The SMILES string of the molecule is C[C@]12CCCC[C@H]1CC[C@@H]1[C@@H]2CC[C@@]2(C)[C@H]1CC[C@@]2(O)CNCCO. The minimum absolute atomic E-state index is 0.0640. The molecule has 0 radical (unpaired) electrons. The van der Waals surface area contributed by atoms with Crippen molar-refractivity contribution in [3.05, 3.63) is 0 Å². The average Bonchev–Trinajstić information content (AvgIpc) is 2.86. The zero-order valence-corrected chi connectivity index (χ0v) is 16.4. The van der Waals surface area contributed by atoms with Crippen molar-refractivity contribution in [2.24, 2.45) is 34.5 Å². The second-order valence-corrected chi connectivity index (χ2v) is 10.3. The van der Waals surface area contributed by atoms with Gasteiger partial charge in [-0.2, -0.15) is 0 Å². The van der Waals surface area contributed by atoms with Crippen LogP contribution in [0.25, 0.3) is 0 Å². The summed E-state index contributed by atoms with van der Waals surface area (Å²) in [4.78, 5) is 0. The molecule has 3 heteroatoms. The van der Waals surface area contributed by atoms with E-state index in [0.717, 1.165) is 24.2 Å². The second-order valence-electron chi connectivity index (χ2n) is 10.3. The number of nitrogens with one attached hydrogen (secondary N) is 1. The van der Waals surface area contributed by atoms with E-state index in [1.165, 1.54) is 57.8 Å². The molecule has 4 aliphatic carbocycles. The van der Waals surface area contributed by atoms with Gasteiger partial charge in [-0.3, -0.25) is 0 Å². The first-order valence-corrected chi connectivity index (χ1v) is 11.0. The Morgan fingerprint density at radius 1 is 0.920 bits per heavy atom. The third-order valence-electron chi connectivity index (χ3n) is 9.61. The predicted octanol–water partition coefficient (Wildman–Crippen LogP) is 3.73. The summed E-state index contributed by atoms with van der Waals surface area (Å²) in [5, 5.41) is 23.9. The highest BCUT2D eigenvalue weighted by Gasteiger charge is 2.64. The molecule has 4 fully saturated rings. The topological polar surface area (TPSA) is 52.5 Å². The zero-order chi connectivity index (χ0) is 17.7. The van der Waals surface area contributed by atoms with Crippen molar-refractivity contribution >= 4 is 0 Å². The van der Waals surface area contributed by atoms with E-state index in [2.05, 4.69) is 19.2 Å². The van der Waals surface area contributed by atoms with E-state index in [1.54, 1.807) is 0 Å². The highest BCUT2D eigenvalue weighted by molar-refractivity contribution is 5.14. The molecule has 7 atom stereocenters. The molecule has 0 spiro atoms. The Kier molecular flexibility index (Phi) is 4.74. The molecule has 0 aromatic carbocycles. The summed E-state index contributed by atoms with van der Waals surface area (Å²) in [6.45, 7) is 6.41. The van der Waals surface area contributed by atoms with Crippen molar-refractivity contribution in [1.29, 1.82) is 0 Å². The van der Waals surface area contributed by atoms with Crippen LogP contribution in [-0.2, 0) is 0 Å². The van der Waals surface area contributed by atoms with Crippen LogP contribution in [-0.4, -0.2) is 35.5 Å². The molecule has 3 nitrogen and oxygen atoms in total. The average molecular weight is 350 g/mol. The maximum Gasteiger partial charge on any atom is 0.0827 e. The third kappa shape index (κ3) is 2.63. The maximum atomic E-state index is 11.5. The van der Waals surface area contributed by atoms with Crippen LogP contribution in [0.1, 0.15) is 78.1 Å². The number of fused-ring (bicyclic) bond motifs is 5. The molecule has 0 amide bonds. The van der Waals surface area contributed by atoms with Crippen LogP contribution < -0.4 is 5.32 Å². The van der Waals surface area contributed by atoms with E-state index in [-0.39, 0.29) is 12.0 Å². The third-order valence-corrected chi connectivity index (χ3v) is 9.61. The molecule has 0 saturated heterocycles. The van der Waals surface area contributed by atoms with Crippen molar-refractivity contribution in [3.8, 4) is 0 Å². The van der Waals surface area contributed by atoms with Crippen molar-refractivity contribution < 1.29 is 10.2 Å². The first kappa shape index (κ1) is 18.3. The number of hydrogen-bond donors (Lipinski definition) is 3. The summed E-state index contributed by atoms with van der Waals surface area (Å²) in [7, 11) is 0. The molecule has 3 N–H and O–H groups in total. The Balaban J connectivity index is 1.55. The van der Waals surface area contributed by atoms with Gasteiger partial charge in [-0.25, -0.2) is 0 Å². The van der Waals surface area contributed by atoms with E-state index in [1.807, 2.05) is 0 Å². The summed E-state index contributed by atoms with van der Waals surface area (Å²) in [6.07, 6.45) is 13.3. The number of aliphatic hydroxyl groups is 2. The Hall–Kier alpha value is -0.120. The summed E-state index contributed by atoms with van der Waals surface area (Å²) in [6, 6.07) is 0. The quantitative estimate of drug-likeness (QED) is 0.678. The highest BCUT2D eigenvalue weighted by Crippen LogP contribution is 2.68. The fourth-order valence-corrected chi connectivity index (χ4v) is 8.07. The number of aliphatic hydroxyl groups excluding tert-OH is 1. The monoisotopic (exact) mass is 349 g/mol. The Morgan fingerprint density at radius 2 is 1.72 bits per heavy atom. The van der Waals surface area contributed by atoms with Crippen LogP contribution in [0.2, 0.25) is 0 Å². The Labute approximate surface area is 154 Å². The van der Waals surface area contributed by atoms with Crippen LogP contribution >= 0.6 is 0 Å². The van der Waals surface area contributed by atoms with Gasteiger partial charge < -0.3 is 15.5 Å². The van der Waals surface area contributed by atoms with Gasteiger partial charge in [0, 0.05) is 18.5 Å². The van der Waals surface area contributed by atoms with Gasteiger partial charge in [0.15, 0.2) is 0 Å². The normalized spacial score (nSPS) is 52.3. The van der Waals surface area contributed by atoms with Crippen molar-refractivity contribution in [2.45, 2.75) is 83.7 Å². The van der Waals surface area contributed by atoms with Crippen LogP contribution in [0, 0.1) is 34.5 Å². The van der Waals surface area contributed by atoms with Gasteiger partial charge in [-0.05, 0) is 80.5 Å². The lowest BCUT2D eigenvalue weighted by Crippen LogP contribution is -2.58. The molecule has 4 rings (SSSR count). The highest BCUT2D eigenvalue weighted by atomic mass is 16.3. The lowest BCUT2D eigenvalue weighted by molar-refractivity contribution is -0.150. The predicted molar refractivity (Wildman–Crippen MR) is 101 cm³/mol. The maximum absolute atomic E-state index is 11.5. The molecule has 144 valence electrons. The second kappa shape index (κ2) is 6.49. The summed E-state index contributed by atoms with van der Waals surface area (Å²) >= 11 is 0. The van der Waals surface area contributed by atoms with Gasteiger partial charge in [0.1, 0.15) is 0 Å². The fourth-order valence-electron chi connectivity index (χ4n) is 8.07. The van der Waals surface area contributed by atoms with Crippen LogP contribution in [0.15, 0.2) is 0 Å². The van der Waals surface area contributed by atoms with E-state index in [0.29, 0.717) is 24.4 Å². The van der Waals surface area contributed by atoms with E-state index in [4.69, 9.17) is 5.11 Å². The van der Waals surface area contributed by atoms with Crippen molar-refractivity contribution in [3.63, 3.8) is 0 Å². The molecule has 0 aliphatic heterocycles. The van der Waals surface area contributed by atoms with Gasteiger partial charge in [0.05, 0.1) is 12.2 Å². The number of rotatable bonds is 4. The minimum Gasteiger partial charge on any atom is -0.395 e. The molecular formula is C22H39NO2. The first-order chi connectivity index (χ1) is 11.9. The fraction of sp³-hybridized carbons (Fsp3) is 1.00. The van der Waals surface area contributed by atoms with E-state index >= 15 is 0 Å². The molecule has 0 bridgehead atoms. The zero-order valence-electron chi connectivity index (χ0n) is 16.4. The van der Waals surface area contributed by atoms with Crippen LogP contribution in [0.3, 0.4) is 0 Å². The molecule has 0 aromatic heterocycles. The van der Waals surface area contributed by atoms with Gasteiger partial charge in [-0.15, -0.1) is 0 Å². The van der Waals surface area contributed by atoms with Crippen molar-refractivity contribution in [1.82, 2.24) is 5.32 Å². The lowest BCUT2D eigenvalue weighted by atomic mass is 9.44. The molecule has 0 heterocycles. The first-order valence-electron chi connectivity index (χ1n) is 11.0. The summed E-state index contributed by atoms with van der Waals surface area (Å²) < 4.78 is 0. The molecular weight excluding hydrogens is 310 g/mol. The van der Waals surface area contributed by atoms with Gasteiger partial charge >= 0.3 is 0 Å². The number of hydrogen-bond acceptors (Lipinski definition) is 3.